The molecule has 1 saturated heterocycles. The first-order valence-corrected chi connectivity index (χ1v) is 6.15. The van der Waals surface area contributed by atoms with Gasteiger partial charge in [-0.2, -0.15) is 0 Å². The Balaban J connectivity index is 2.16. The average molecular weight is 265 g/mol. The first-order chi connectivity index (χ1) is 9.01. The molecule has 1 aromatic carbocycles. The van der Waals surface area contributed by atoms with Crippen LogP contribution < -0.4 is 4.74 Å². The quantitative estimate of drug-likeness (QED) is 0.781. The van der Waals surface area contributed by atoms with Gasteiger partial charge in [0, 0.05) is 13.0 Å². The topological polar surface area (TPSA) is 46.6 Å². The highest BCUT2D eigenvalue weighted by Crippen LogP contribution is 2.22. The number of nitrogens with zero attached hydrogens (tertiary/aromatic N) is 1. The summed E-state index contributed by atoms with van der Waals surface area (Å²) in [5.41, 5.74) is 0.176. The highest BCUT2D eigenvalue weighted by Gasteiger charge is 2.28. The maximum Gasteiger partial charge on any atom is 0.223 e. The van der Waals surface area contributed by atoms with Crippen molar-refractivity contribution >= 4 is 11.7 Å². The summed E-state index contributed by atoms with van der Waals surface area (Å²) in [6.07, 6.45) is 0.466. The third-order valence-electron chi connectivity index (χ3n) is 3.20. The van der Waals surface area contributed by atoms with Crippen LogP contribution in [0.4, 0.5) is 4.39 Å². The molecule has 1 heterocycles. The predicted octanol–water partition coefficient (Wildman–Crippen LogP) is 1.89. The molecule has 102 valence electrons. The van der Waals surface area contributed by atoms with Crippen molar-refractivity contribution in [3.05, 3.63) is 29.6 Å². The molecule has 1 aliphatic rings. The van der Waals surface area contributed by atoms with E-state index >= 15 is 0 Å². The summed E-state index contributed by atoms with van der Waals surface area (Å²) in [6.45, 7) is 2.51. The summed E-state index contributed by atoms with van der Waals surface area (Å²) in [6, 6.07) is 3.79. The number of methoxy groups -OCH3 is 1. The molecule has 1 atom stereocenters. The maximum atomic E-state index is 13.2. The van der Waals surface area contributed by atoms with Gasteiger partial charge in [0.05, 0.1) is 19.2 Å². The summed E-state index contributed by atoms with van der Waals surface area (Å²) < 4.78 is 18.3. The number of ketones is 1. The van der Waals surface area contributed by atoms with Crippen LogP contribution in [-0.4, -0.2) is 36.8 Å². The van der Waals surface area contributed by atoms with Crippen LogP contribution in [-0.2, 0) is 4.79 Å². The lowest BCUT2D eigenvalue weighted by molar-refractivity contribution is -0.127. The first-order valence-electron chi connectivity index (χ1n) is 6.15. The second kappa shape index (κ2) is 5.38. The summed E-state index contributed by atoms with van der Waals surface area (Å²) in [7, 11) is 1.42. The Hall–Kier alpha value is -1.91. The van der Waals surface area contributed by atoms with Crippen LogP contribution in [0.5, 0.6) is 5.75 Å². The monoisotopic (exact) mass is 265 g/mol. The molecule has 4 nitrogen and oxygen atoms in total. The molecule has 0 bridgehead atoms. The molecule has 1 fully saturated rings. The summed E-state index contributed by atoms with van der Waals surface area (Å²) in [5.74, 6) is -0.249. The molecular formula is C14H16FNO3. The van der Waals surface area contributed by atoms with Crippen LogP contribution in [0.2, 0.25) is 0 Å². The van der Waals surface area contributed by atoms with Gasteiger partial charge in [-0.25, -0.2) is 4.39 Å². The molecule has 0 aliphatic carbocycles. The van der Waals surface area contributed by atoms with Crippen molar-refractivity contribution in [3.63, 3.8) is 0 Å². The fraction of sp³-hybridized carbons (Fsp3) is 0.429. The predicted molar refractivity (Wildman–Crippen MR) is 67.6 cm³/mol. The zero-order chi connectivity index (χ0) is 14.0. The minimum absolute atomic E-state index is 0.0248. The van der Waals surface area contributed by atoms with Crippen molar-refractivity contribution in [2.75, 3.05) is 20.2 Å². The minimum atomic E-state index is -0.495. The standard InChI is InChI=1S/C14H16FNO3/c1-9-5-14(18)16(7-9)8-12(17)11-6-10(15)3-4-13(11)19-2/h3-4,6,9H,5,7-8H2,1-2H3. The van der Waals surface area contributed by atoms with Gasteiger partial charge in [-0.15, -0.1) is 0 Å². The van der Waals surface area contributed by atoms with Crippen LogP contribution in [0.15, 0.2) is 18.2 Å². The Kier molecular flexibility index (Phi) is 3.83. The van der Waals surface area contributed by atoms with E-state index in [9.17, 15) is 14.0 Å². The third kappa shape index (κ3) is 2.92. The number of amides is 1. The van der Waals surface area contributed by atoms with Crippen LogP contribution >= 0.6 is 0 Å². The number of rotatable bonds is 4. The van der Waals surface area contributed by atoms with E-state index < -0.39 is 5.82 Å². The third-order valence-corrected chi connectivity index (χ3v) is 3.20. The van der Waals surface area contributed by atoms with Crippen molar-refractivity contribution in [1.82, 2.24) is 4.90 Å². The zero-order valence-electron chi connectivity index (χ0n) is 11.0. The molecule has 1 amide bonds. The van der Waals surface area contributed by atoms with Crippen molar-refractivity contribution in [1.29, 1.82) is 0 Å². The second-order valence-electron chi connectivity index (χ2n) is 4.85. The number of carbonyl (C=O) groups excluding carboxylic acids is 2. The second-order valence-corrected chi connectivity index (χ2v) is 4.85. The van der Waals surface area contributed by atoms with E-state index in [1.807, 2.05) is 6.92 Å². The molecule has 0 radical (unpaired) electrons. The number of carbonyl (C=O) groups is 2. The van der Waals surface area contributed by atoms with Gasteiger partial charge in [-0.05, 0) is 24.1 Å². The number of hydrogen-bond donors (Lipinski definition) is 0. The SMILES string of the molecule is COc1ccc(F)cc1C(=O)CN1CC(C)CC1=O. The molecule has 19 heavy (non-hydrogen) atoms. The Bertz CT molecular complexity index is 515. The van der Waals surface area contributed by atoms with Crippen LogP contribution in [0, 0.1) is 11.7 Å². The van der Waals surface area contributed by atoms with E-state index in [-0.39, 0.29) is 29.7 Å². The van der Waals surface area contributed by atoms with Crippen molar-refractivity contribution < 1.29 is 18.7 Å². The van der Waals surface area contributed by atoms with E-state index in [0.29, 0.717) is 18.7 Å². The van der Waals surface area contributed by atoms with Crippen LogP contribution in [0.1, 0.15) is 23.7 Å². The van der Waals surface area contributed by atoms with Gasteiger partial charge in [0.2, 0.25) is 5.91 Å². The lowest BCUT2D eigenvalue weighted by Crippen LogP contribution is -2.31. The number of benzene rings is 1. The number of Topliss-reactive ketones (excluding diaryl/α,β-unsaturated/α-hetero) is 1. The summed E-state index contributed by atoms with van der Waals surface area (Å²) in [4.78, 5) is 25.3. The maximum absolute atomic E-state index is 13.2. The number of halogens is 1. The van der Waals surface area contributed by atoms with Gasteiger partial charge in [0.15, 0.2) is 5.78 Å². The molecule has 0 spiro atoms. The highest BCUT2D eigenvalue weighted by atomic mass is 19.1. The number of ether oxygens (including phenoxy) is 1. The average Bonchev–Trinajstić information content (AvgIpc) is 2.67. The Labute approximate surface area is 111 Å². The van der Waals surface area contributed by atoms with Crippen molar-refractivity contribution in [2.24, 2.45) is 5.92 Å². The van der Waals surface area contributed by atoms with Gasteiger partial charge in [0.1, 0.15) is 11.6 Å². The fourth-order valence-corrected chi connectivity index (χ4v) is 2.28. The Morgan fingerprint density at radius 2 is 2.26 bits per heavy atom. The minimum Gasteiger partial charge on any atom is -0.496 e. The molecule has 1 aromatic rings. The lowest BCUT2D eigenvalue weighted by Gasteiger charge is -2.16. The summed E-state index contributed by atoms with van der Waals surface area (Å²) >= 11 is 0. The van der Waals surface area contributed by atoms with Crippen LogP contribution in [0.3, 0.4) is 0 Å². The molecule has 1 aliphatic heterocycles. The number of likely N-dealkylation sites (tertiary alicyclic amines) is 1. The first kappa shape index (κ1) is 13.5. The van der Waals surface area contributed by atoms with Crippen molar-refractivity contribution in [3.8, 4) is 5.75 Å². The molecule has 0 N–H and O–H groups in total. The van der Waals surface area contributed by atoms with E-state index in [2.05, 4.69) is 0 Å². The molecule has 1 unspecified atom stereocenters. The van der Waals surface area contributed by atoms with Gasteiger partial charge >= 0.3 is 0 Å². The Morgan fingerprint density at radius 3 is 2.84 bits per heavy atom. The normalized spacial score (nSPS) is 18.8. The van der Waals surface area contributed by atoms with E-state index in [4.69, 9.17) is 4.74 Å². The van der Waals surface area contributed by atoms with Gasteiger partial charge in [-0.1, -0.05) is 6.92 Å². The van der Waals surface area contributed by atoms with Crippen molar-refractivity contribution in [2.45, 2.75) is 13.3 Å². The van der Waals surface area contributed by atoms with Gasteiger partial charge in [0.25, 0.3) is 0 Å². The lowest BCUT2D eigenvalue weighted by atomic mass is 10.1. The smallest absolute Gasteiger partial charge is 0.223 e. The molecule has 0 aromatic heterocycles. The largest absolute Gasteiger partial charge is 0.496 e. The molecule has 2 rings (SSSR count). The summed E-state index contributed by atoms with van der Waals surface area (Å²) in [5, 5.41) is 0. The van der Waals surface area contributed by atoms with Gasteiger partial charge < -0.3 is 9.64 Å². The molecule has 5 heteroatoms. The van der Waals surface area contributed by atoms with E-state index in [0.717, 1.165) is 6.07 Å². The van der Waals surface area contributed by atoms with Gasteiger partial charge in [-0.3, -0.25) is 9.59 Å². The molecular weight excluding hydrogens is 249 g/mol. The molecule has 0 saturated carbocycles. The van der Waals surface area contributed by atoms with E-state index in [1.54, 1.807) is 0 Å². The Morgan fingerprint density at radius 1 is 1.53 bits per heavy atom. The van der Waals surface area contributed by atoms with Crippen LogP contribution in [0.25, 0.3) is 0 Å². The fourth-order valence-electron chi connectivity index (χ4n) is 2.28. The zero-order valence-corrected chi connectivity index (χ0v) is 11.0. The number of hydrogen-bond acceptors (Lipinski definition) is 3. The van der Waals surface area contributed by atoms with E-state index in [1.165, 1.54) is 24.1 Å². The highest BCUT2D eigenvalue weighted by molar-refractivity contribution is 6.01.